The first kappa shape index (κ1) is 14.9. The van der Waals surface area contributed by atoms with E-state index in [0.717, 1.165) is 36.2 Å². The Morgan fingerprint density at radius 2 is 2.27 bits per heavy atom. The van der Waals surface area contributed by atoms with Crippen LogP contribution in [0.5, 0.6) is 0 Å². The maximum absolute atomic E-state index is 11.4. The van der Waals surface area contributed by atoms with Crippen molar-refractivity contribution in [1.29, 1.82) is 0 Å². The molecule has 1 aliphatic rings. The van der Waals surface area contributed by atoms with Gasteiger partial charge in [0.2, 0.25) is 5.82 Å². The minimum absolute atomic E-state index is 0.0374. The van der Waals surface area contributed by atoms with Crippen molar-refractivity contribution in [3.8, 4) is 10.7 Å². The van der Waals surface area contributed by atoms with Crippen LogP contribution < -0.4 is 10.2 Å². The highest BCUT2D eigenvalue weighted by Crippen LogP contribution is 2.28. The summed E-state index contributed by atoms with van der Waals surface area (Å²) in [6, 6.07) is 0. The van der Waals surface area contributed by atoms with E-state index in [1.54, 1.807) is 13.1 Å². The molecule has 118 valence electrons. The van der Waals surface area contributed by atoms with Gasteiger partial charge in [-0.15, -0.1) is 10.2 Å². The second-order valence-corrected chi connectivity index (χ2v) is 5.70. The van der Waals surface area contributed by atoms with E-state index in [-0.39, 0.29) is 12.5 Å². The summed E-state index contributed by atoms with van der Waals surface area (Å²) < 4.78 is 4.85. The molecular formula is C12H17N7O2S. The zero-order chi connectivity index (χ0) is 15.4. The van der Waals surface area contributed by atoms with Gasteiger partial charge in [-0.05, 0) is 12.1 Å². The first-order chi connectivity index (χ1) is 10.8. The second kappa shape index (κ2) is 6.79. The van der Waals surface area contributed by atoms with Gasteiger partial charge in [0.05, 0.1) is 17.7 Å². The van der Waals surface area contributed by atoms with E-state index in [1.807, 2.05) is 0 Å². The molecule has 10 heteroatoms. The molecule has 22 heavy (non-hydrogen) atoms. The quantitative estimate of drug-likeness (QED) is 0.754. The smallest absolute Gasteiger partial charge is 0.329 e. The Bertz CT molecular complexity index is 635. The zero-order valence-electron chi connectivity index (χ0n) is 12.2. The molecule has 2 aromatic rings. The van der Waals surface area contributed by atoms with E-state index in [2.05, 4.69) is 30.6 Å². The van der Waals surface area contributed by atoms with Crippen LogP contribution in [0.1, 0.15) is 6.92 Å². The molecule has 9 nitrogen and oxygen atoms in total. The van der Waals surface area contributed by atoms with Crippen molar-refractivity contribution >= 4 is 22.4 Å². The maximum Gasteiger partial charge on any atom is 0.329 e. The van der Waals surface area contributed by atoms with Gasteiger partial charge in [0.25, 0.3) is 0 Å². The van der Waals surface area contributed by atoms with Crippen molar-refractivity contribution in [3.05, 3.63) is 6.20 Å². The molecule has 1 N–H and O–H groups in total. The van der Waals surface area contributed by atoms with Crippen molar-refractivity contribution in [1.82, 2.24) is 30.5 Å². The summed E-state index contributed by atoms with van der Waals surface area (Å²) in [4.78, 5) is 20.1. The largest absolute Gasteiger partial charge is 0.465 e. The van der Waals surface area contributed by atoms with Crippen LogP contribution in [0.4, 0.5) is 5.13 Å². The molecule has 0 aromatic carbocycles. The number of tetrazole rings is 1. The molecule has 3 heterocycles. The summed E-state index contributed by atoms with van der Waals surface area (Å²) in [5, 5.41) is 16.3. The molecular weight excluding hydrogens is 306 g/mol. The normalized spacial score (nSPS) is 15.0. The fraction of sp³-hybridized carbons (Fsp3) is 0.583. The van der Waals surface area contributed by atoms with Crippen molar-refractivity contribution in [2.75, 3.05) is 37.7 Å². The number of esters is 1. The van der Waals surface area contributed by atoms with E-state index in [4.69, 9.17) is 4.74 Å². The first-order valence-corrected chi connectivity index (χ1v) is 7.93. The van der Waals surface area contributed by atoms with Crippen LogP contribution in [0, 0.1) is 0 Å². The van der Waals surface area contributed by atoms with Gasteiger partial charge in [0.1, 0.15) is 0 Å². The van der Waals surface area contributed by atoms with Crippen LogP contribution >= 0.6 is 11.3 Å². The molecule has 0 saturated carbocycles. The molecule has 0 atom stereocenters. The lowest BCUT2D eigenvalue weighted by Crippen LogP contribution is -2.43. The lowest BCUT2D eigenvalue weighted by molar-refractivity contribution is -0.144. The molecule has 0 unspecified atom stereocenters. The van der Waals surface area contributed by atoms with Crippen molar-refractivity contribution < 1.29 is 9.53 Å². The average Bonchev–Trinajstić information content (AvgIpc) is 3.17. The average molecular weight is 323 g/mol. The Morgan fingerprint density at radius 3 is 3.05 bits per heavy atom. The predicted octanol–water partition coefficient (Wildman–Crippen LogP) is -0.231. The molecule has 0 spiro atoms. The summed E-state index contributed by atoms with van der Waals surface area (Å²) >= 11 is 1.53. The van der Waals surface area contributed by atoms with Crippen LogP contribution in [0.3, 0.4) is 0 Å². The van der Waals surface area contributed by atoms with Gasteiger partial charge in [-0.2, -0.15) is 4.80 Å². The standard InChI is InChI=1S/C12H17N7O2S/c1-2-21-10(20)8-19-16-11(15-17-19)9-7-14-12(22-9)18-5-3-13-4-6-18/h7,13H,2-6,8H2,1H3. The number of hydrogen-bond donors (Lipinski definition) is 1. The number of aromatic nitrogens is 5. The summed E-state index contributed by atoms with van der Waals surface area (Å²) in [5.41, 5.74) is 0. The summed E-state index contributed by atoms with van der Waals surface area (Å²) in [6.07, 6.45) is 1.74. The Hall–Kier alpha value is -2.07. The van der Waals surface area contributed by atoms with Crippen LogP contribution in [0.15, 0.2) is 6.20 Å². The van der Waals surface area contributed by atoms with Crippen molar-refractivity contribution in [3.63, 3.8) is 0 Å². The van der Waals surface area contributed by atoms with Gasteiger partial charge in [0, 0.05) is 26.2 Å². The minimum atomic E-state index is -0.378. The minimum Gasteiger partial charge on any atom is -0.465 e. The van der Waals surface area contributed by atoms with Crippen LogP contribution in [-0.4, -0.2) is 63.9 Å². The van der Waals surface area contributed by atoms with E-state index < -0.39 is 0 Å². The number of carbonyl (C=O) groups is 1. The fourth-order valence-corrected chi connectivity index (χ4v) is 2.99. The third-order valence-electron chi connectivity index (χ3n) is 3.13. The van der Waals surface area contributed by atoms with Crippen LogP contribution in [0.25, 0.3) is 10.7 Å². The second-order valence-electron chi connectivity index (χ2n) is 4.69. The Morgan fingerprint density at radius 1 is 1.45 bits per heavy atom. The first-order valence-electron chi connectivity index (χ1n) is 7.11. The van der Waals surface area contributed by atoms with E-state index in [1.165, 1.54) is 16.1 Å². The number of nitrogens with zero attached hydrogens (tertiary/aromatic N) is 6. The van der Waals surface area contributed by atoms with Gasteiger partial charge in [-0.1, -0.05) is 11.3 Å². The Labute approximate surface area is 131 Å². The van der Waals surface area contributed by atoms with Gasteiger partial charge < -0.3 is 15.0 Å². The Kier molecular flexibility index (Phi) is 4.59. The summed E-state index contributed by atoms with van der Waals surface area (Å²) in [7, 11) is 0. The SMILES string of the molecule is CCOC(=O)Cn1nnc(-c2cnc(N3CCNCC3)s2)n1. The highest BCUT2D eigenvalue weighted by atomic mass is 32.1. The highest BCUT2D eigenvalue weighted by molar-refractivity contribution is 7.18. The molecule has 0 amide bonds. The fourth-order valence-electron chi connectivity index (χ4n) is 2.10. The molecule has 1 fully saturated rings. The molecule has 0 radical (unpaired) electrons. The van der Waals surface area contributed by atoms with Gasteiger partial charge in [0.15, 0.2) is 11.7 Å². The van der Waals surface area contributed by atoms with Gasteiger partial charge in [-0.3, -0.25) is 0 Å². The zero-order valence-corrected chi connectivity index (χ0v) is 13.0. The third-order valence-corrected chi connectivity index (χ3v) is 4.18. The monoisotopic (exact) mass is 323 g/mol. The van der Waals surface area contributed by atoms with Crippen LogP contribution in [0.2, 0.25) is 0 Å². The molecule has 1 saturated heterocycles. The number of nitrogens with one attached hydrogen (secondary N) is 1. The number of hydrogen-bond acceptors (Lipinski definition) is 9. The van der Waals surface area contributed by atoms with Gasteiger partial charge >= 0.3 is 5.97 Å². The maximum atomic E-state index is 11.4. The van der Waals surface area contributed by atoms with E-state index in [9.17, 15) is 4.79 Å². The summed E-state index contributed by atoms with van der Waals surface area (Å²) in [5.74, 6) is 0.0976. The molecule has 3 rings (SSSR count). The number of rotatable bonds is 5. The van der Waals surface area contributed by atoms with Crippen LogP contribution in [-0.2, 0) is 16.1 Å². The lowest BCUT2D eigenvalue weighted by Gasteiger charge is -2.26. The molecule has 2 aromatic heterocycles. The number of thiazole rings is 1. The van der Waals surface area contributed by atoms with Crippen molar-refractivity contribution in [2.45, 2.75) is 13.5 Å². The number of anilines is 1. The topological polar surface area (TPSA) is 98.1 Å². The molecule has 0 aliphatic carbocycles. The van der Waals surface area contributed by atoms with E-state index >= 15 is 0 Å². The predicted molar refractivity (Wildman–Crippen MR) is 80.6 cm³/mol. The molecule has 1 aliphatic heterocycles. The van der Waals surface area contributed by atoms with Gasteiger partial charge in [-0.25, -0.2) is 9.78 Å². The molecule has 0 bridgehead atoms. The summed E-state index contributed by atoms with van der Waals surface area (Å²) in [6.45, 7) is 5.86. The van der Waals surface area contributed by atoms with Crippen molar-refractivity contribution in [2.24, 2.45) is 0 Å². The highest BCUT2D eigenvalue weighted by Gasteiger charge is 2.17. The number of ether oxygens (including phenoxy) is 1. The number of piperazine rings is 1. The number of carbonyl (C=O) groups excluding carboxylic acids is 1. The third kappa shape index (κ3) is 3.39. The Balaban J connectivity index is 1.68. The lowest BCUT2D eigenvalue weighted by atomic mass is 10.4. The van der Waals surface area contributed by atoms with E-state index in [0.29, 0.717) is 12.4 Å².